The van der Waals surface area contributed by atoms with Gasteiger partial charge in [0, 0.05) is 37.5 Å². The van der Waals surface area contributed by atoms with Crippen molar-refractivity contribution in [2.75, 3.05) is 30.0 Å². The van der Waals surface area contributed by atoms with Crippen LogP contribution in [0.25, 0.3) is 11.1 Å². The molecule has 1 aliphatic carbocycles. The number of nitrogens with two attached hydrogens (primary N) is 1. The normalized spacial score (nSPS) is 15.1. The molecule has 1 heterocycles. The molecule has 1 aromatic heterocycles. The van der Waals surface area contributed by atoms with Crippen LogP contribution in [0.15, 0.2) is 24.4 Å². The molecule has 25 heavy (non-hydrogen) atoms. The van der Waals surface area contributed by atoms with Gasteiger partial charge in [0.15, 0.2) is 0 Å². The summed E-state index contributed by atoms with van der Waals surface area (Å²) >= 11 is 6.41. The molecule has 1 fully saturated rings. The lowest BCUT2D eigenvalue weighted by Crippen LogP contribution is -2.22. The number of halogens is 2. The van der Waals surface area contributed by atoms with Gasteiger partial charge in [0.25, 0.3) is 0 Å². The highest BCUT2D eigenvalue weighted by molar-refractivity contribution is 6.33. The Labute approximate surface area is 153 Å². The molecule has 134 valence electrons. The molecule has 2 aromatic rings. The second-order valence-corrected chi connectivity index (χ2v) is 7.20. The smallest absolute Gasteiger partial charge is 0.150 e. The van der Waals surface area contributed by atoms with Crippen LogP contribution in [0, 0.1) is 11.7 Å². The van der Waals surface area contributed by atoms with Gasteiger partial charge in [-0.2, -0.15) is 0 Å². The standard InChI is InChI=1S/C19H24ClFN4/c1-4-16(11-5-6-11)24-19-18(22)12(7-8-23-19)13-9-15(21)17(25(2)3)10-14(13)20/h7-11,16H,4-6,22H2,1-3H3,(H,23,24). The zero-order valence-electron chi connectivity index (χ0n) is 14.8. The van der Waals surface area contributed by atoms with Crippen LogP contribution in [0.1, 0.15) is 26.2 Å². The van der Waals surface area contributed by atoms with Gasteiger partial charge in [-0.1, -0.05) is 18.5 Å². The molecule has 6 heteroatoms. The summed E-state index contributed by atoms with van der Waals surface area (Å²) in [6.45, 7) is 2.16. The molecular formula is C19H24ClFN4. The minimum Gasteiger partial charge on any atom is -0.395 e. The van der Waals surface area contributed by atoms with Gasteiger partial charge in [-0.25, -0.2) is 9.37 Å². The molecule has 1 aromatic carbocycles. The minimum absolute atomic E-state index is 0.334. The van der Waals surface area contributed by atoms with E-state index in [0.717, 1.165) is 6.42 Å². The Morgan fingerprint density at radius 3 is 2.68 bits per heavy atom. The summed E-state index contributed by atoms with van der Waals surface area (Å²) < 4.78 is 14.4. The van der Waals surface area contributed by atoms with E-state index in [4.69, 9.17) is 17.3 Å². The molecule has 0 radical (unpaired) electrons. The highest BCUT2D eigenvalue weighted by Gasteiger charge is 2.30. The number of hydrogen-bond donors (Lipinski definition) is 2. The third kappa shape index (κ3) is 3.66. The largest absolute Gasteiger partial charge is 0.395 e. The van der Waals surface area contributed by atoms with Gasteiger partial charge in [0.2, 0.25) is 0 Å². The number of aromatic nitrogens is 1. The Morgan fingerprint density at radius 1 is 1.36 bits per heavy atom. The Balaban J connectivity index is 1.98. The van der Waals surface area contributed by atoms with Crippen molar-refractivity contribution in [1.29, 1.82) is 0 Å². The van der Waals surface area contributed by atoms with E-state index in [1.54, 1.807) is 37.3 Å². The molecular weight excluding hydrogens is 339 g/mol. The Kier molecular flexibility index (Phi) is 5.04. The second kappa shape index (κ2) is 7.08. The second-order valence-electron chi connectivity index (χ2n) is 6.80. The first kappa shape index (κ1) is 17.8. The van der Waals surface area contributed by atoms with Crippen molar-refractivity contribution >= 4 is 28.8 Å². The number of benzene rings is 1. The highest BCUT2D eigenvalue weighted by atomic mass is 35.5. The van der Waals surface area contributed by atoms with Crippen molar-refractivity contribution in [1.82, 2.24) is 4.98 Å². The van der Waals surface area contributed by atoms with Gasteiger partial charge in [0.05, 0.1) is 16.4 Å². The van der Waals surface area contributed by atoms with Crippen molar-refractivity contribution in [2.24, 2.45) is 5.92 Å². The molecule has 1 unspecified atom stereocenters. The van der Waals surface area contributed by atoms with Gasteiger partial charge in [-0.15, -0.1) is 0 Å². The fourth-order valence-electron chi connectivity index (χ4n) is 3.14. The Morgan fingerprint density at radius 2 is 2.08 bits per heavy atom. The van der Waals surface area contributed by atoms with Crippen molar-refractivity contribution in [3.8, 4) is 11.1 Å². The van der Waals surface area contributed by atoms with E-state index in [0.29, 0.717) is 45.3 Å². The Hall–Kier alpha value is -2.01. The van der Waals surface area contributed by atoms with Crippen LogP contribution in [-0.4, -0.2) is 25.1 Å². The van der Waals surface area contributed by atoms with E-state index in [9.17, 15) is 4.39 Å². The molecule has 0 aliphatic heterocycles. The van der Waals surface area contributed by atoms with Gasteiger partial charge in [-0.3, -0.25) is 0 Å². The van der Waals surface area contributed by atoms with Crippen LogP contribution in [0.2, 0.25) is 5.02 Å². The van der Waals surface area contributed by atoms with Crippen molar-refractivity contribution in [3.63, 3.8) is 0 Å². The molecule has 1 atom stereocenters. The lowest BCUT2D eigenvalue weighted by molar-refractivity contribution is 0.614. The summed E-state index contributed by atoms with van der Waals surface area (Å²) in [5.41, 5.74) is 8.55. The maximum absolute atomic E-state index is 14.4. The molecule has 3 rings (SSSR count). The van der Waals surface area contributed by atoms with Gasteiger partial charge in [0.1, 0.15) is 11.6 Å². The van der Waals surface area contributed by atoms with Crippen molar-refractivity contribution in [3.05, 3.63) is 35.2 Å². The average molecular weight is 363 g/mol. The molecule has 1 aliphatic rings. The lowest BCUT2D eigenvalue weighted by atomic mass is 10.0. The predicted octanol–water partition coefficient (Wildman–Crippen LogP) is 4.79. The zero-order chi connectivity index (χ0) is 18.1. The summed E-state index contributed by atoms with van der Waals surface area (Å²) in [5, 5.41) is 3.91. The number of pyridine rings is 1. The quantitative estimate of drug-likeness (QED) is 0.775. The first-order chi connectivity index (χ1) is 11.9. The number of hydrogen-bond acceptors (Lipinski definition) is 4. The summed E-state index contributed by atoms with van der Waals surface area (Å²) in [5.74, 6) is 0.999. The highest BCUT2D eigenvalue weighted by Crippen LogP contribution is 2.40. The van der Waals surface area contributed by atoms with Gasteiger partial charge in [-0.05, 0) is 43.4 Å². The first-order valence-corrected chi connectivity index (χ1v) is 8.98. The number of nitrogens with zero attached hydrogens (tertiary/aromatic N) is 2. The topological polar surface area (TPSA) is 54.2 Å². The first-order valence-electron chi connectivity index (χ1n) is 8.60. The van der Waals surface area contributed by atoms with Gasteiger partial charge >= 0.3 is 0 Å². The van der Waals surface area contributed by atoms with Crippen LogP contribution < -0.4 is 16.0 Å². The van der Waals surface area contributed by atoms with Gasteiger partial charge < -0.3 is 16.0 Å². The molecule has 1 saturated carbocycles. The van der Waals surface area contributed by atoms with Crippen molar-refractivity contribution < 1.29 is 4.39 Å². The third-order valence-corrected chi connectivity index (χ3v) is 5.06. The molecule has 3 N–H and O–H groups in total. The van der Waals surface area contributed by atoms with Crippen molar-refractivity contribution in [2.45, 2.75) is 32.2 Å². The number of rotatable bonds is 6. The summed E-state index contributed by atoms with van der Waals surface area (Å²) in [7, 11) is 3.56. The van der Waals surface area contributed by atoms with E-state index in [1.807, 2.05) is 0 Å². The van der Waals surface area contributed by atoms with Crippen LogP contribution >= 0.6 is 11.6 Å². The summed E-state index contributed by atoms with van der Waals surface area (Å²) in [4.78, 5) is 6.07. The van der Waals surface area contributed by atoms with E-state index in [-0.39, 0.29) is 5.82 Å². The van der Waals surface area contributed by atoms with Crippen LogP contribution in [0.5, 0.6) is 0 Å². The van der Waals surface area contributed by atoms with Crippen LogP contribution in [0.3, 0.4) is 0 Å². The SMILES string of the molecule is CCC(Nc1nccc(-c2cc(F)c(N(C)C)cc2Cl)c1N)C1CC1. The Bertz CT molecular complexity index is 774. The molecule has 4 nitrogen and oxygen atoms in total. The van der Waals surface area contributed by atoms with Crippen LogP contribution in [-0.2, 0) is 0 Å². The van der Waals surface area contributed by atoms with E-state index < -0.39 is 0 Å². The van der Waals surface area contributed by atoms with E-state index in [2.05, 4.69) is 17.2 Å². The number of nitrogens with one attached hydrogen (secondary N) is 1. The molecule has 0 spiro atoms. The summed E-state index contributed by atoms with van der Waals surface area (Å²) in [6.07, 6.45) is 5.19. The number of nitrogen functional groups attached to an aromatic ring is 1. The monoisotopic (exact) mass is 362 g/mol. The molecule has 0 saturated heterocycles. The fourth-order valence-corrected chi connectivity index (χ4v) is 3.40. The lowest BCUT2D eigenvalue weighted by Gasteiger charge is -2.20. The average Bonchev–Trinajstić information content (AvgIpc) is 3.40. The fraction of sp³-hybridized carbons (Fsp3) is 0.421. The van der Waals surface area contributed by atoms with E-state index in [1.165, 1.54) is 18.9 Å². The summed E-state index contributed by atoms with van der Waals surface area (Å²) in [6, 6.07) is 5.20. The maximum Gasteiger partial charge on any atom is 0.150 e. The molecule has 0 bridgehead atoms. The minimum atomic E-state index is -0.334. The molecule has 0 amide bonds. The van der Waals surface area contributed by atoms with E-state index >= 15 is 0 Å². The predicted molar refractivity (Wildman–Crippen MR) is 104 cm³/mol. The number of anilines is 3. The zero-order valence-corrected chi connectivity index (χ0v) is 15.6. The third-order valence-electron chi connectivity index (χ3n) is 4.75. The maximum atomic E-state index is 14.4. The van der Waals surface area contributed by atoms with Crippen LogP contribution in [0.4, 0.5) is 21.6 Å².